The summed E-state index contributed by atoms with van der Waals surface area (Å²) in [5, 5.41) is 3.23. The monoisotopic (exact) mass is 334 g/mol. The number of hydrogen-bond acceptors (Lipinski definition) is 2. The Labute approximate surface area is 118 Å². The summed E-state index contributed by atoms with van der Waals surface area (Å²) in [6, 6.07) is 3.83. The van der Waals surface area contributed by atoms with Crippen molar-refractivity contribution in [3.8, 4) is 0 Å². The first-order chi connectivity index (χ1) is 8.93. The van der Waals surface area contributed by atoms with E-state index >= 15 is 0 Å². The normalized spacial score (nSPS) is 20.4. The van der Waals surface area contributed by atoms with Gasteiger partial charge in [0.2, 0.25) is 0 Å². The molecule has 6 heteroatoms. The van der Waals surface area contributed by atoms with Gasteiger partial charge in [-0.25, -0.2) is 0 Å². The third kappa shape index (κ3) is 3.12. The second kappa shape index (κ2) is 5.54. The third-order valence-electron chi connectivity index (χ3n) is 3.14. The van der Waals surface area contributed by atoms with Gasteiger partial charge in [0, 0.05) is 24.1 Å². The minimum atomic E-state index is -4.32. The zero-order chi connectivity index (χ0) is 14.0. The Balaban J connectivity index is 2.32. The first kappa shape index (κ1) is 14.4. The van der Waals surface area contributed by atoms with Crippen molar-refractivity contribution >= 4 is 21.6 Å². The predicted octanol–water partition coefficient (Wildman–Crippen LogP) is 3.43. The summed E-state index contributed by atoms with van der Waals surface area (Å²) in [5.41, 5.74) is 0.118. The number of nitrogens with zero attached hydrogens (tertiary/aromatic N) is 1. The summed E-state index contributed by atoms with van der Waals surface area (Å²) in [6.07, 6.45) is -2.52. The van der Waals surface area contributed by atoms with Crippen LogP contribution in [0.15, 0.2) is 35.3 Å². The van der Waals surface area contributed by atoms with Crippen molar-refractivity contribution in [3.63, 3.8) is 0 Å². The molecular weight excluding hydrogens is 321 g/mol. The predicted molar refractivity (Wildman–Crippen MR) is 73.3 cm³/mol. The van der Waals surface area contributed by atoms with Gasteiger partial charge in [-0.3, -0.25) is 0 Å². The van der Waals surface area contributed by atoms with E-state index in [1.54, 1.807) is 6.08 Å². The molecule has 1 aromatic carbocycles. The largest absolute Gasteiger partial charge is 0.416 e. The fraction of sp³-hybridized carbons (Fsp3) is 0.385. The molecule has 19 heavy (non-hydrogen) atoms. The van der Waals surface area contributed by atoms with Gasteiger partial charge in [0.1, 0.15) is 0 Å². The Bertz CT molecular complexity index is 473. The Morgan fingerprint density at radius 2 is 2.16 bits per heavy atom. The van der Waals surface area contributed by atoms with Crippen LogP contribution in [-0.2, 0) is 6.18 Å². The molecule has 104 valence electrons. The molecule has 0 radical (unpaired) electrons. The molecule has 2 rings (SSSR count). The highest BCUT2D eigenvalue weighted by Gasteiger charge is 2.31. The van der Waals surface area contributed by atoms with Gasteiger partial charge in [0.25, 0.3) is 0 Å². The van der Waals surface area contributed by atoms with E-state index in [2.05, 4.69) is 27.8 Å². The van der Waals surface area contributed by atoms with Crippen molar-refractivity contribution in [2.45, 2.75) is 12.2 Å². The molecule has 0 aliphatic carbocycles. The van der Waals surface area contributed by atoms with E-state index in [0.717, 1.165) is 37.5 Å². The molecular formula is C13H14BrF3N2. The summed E-state index contributed by atoms with van der Waals surface area (Å²) >= 11 is 3.24. The van der Waals surface area contributed by atoms with Gasteiger partial charge in [-0.2, -0.15) is 13.2 Å². The Hall–Kier alpha value is -1.01. The van der Waals surface area contributed by atoms with Crippen molar-refractivity contribution in [3.05, 3.63) is 40.9 Å². The van der Waals surface area contributed by atoms with Crippen LogP contribution in [0, 0.1) is 0 Å². The molecule has 1 aromatic rings. The first-order valence-corrected chi connectivity index (χ1v) is 6.69. The minimum absolute atomic E-state index is 0.0850. The Kier molecular flexibility index (Phi) is 4.20. The van der Waals surface area contributed by atoms with Gasteiger partial charge in [-0.15, -0.1) is 6.58 Å². The lowest BCUT2D eigenvalue weighted by Gasteiger charge is -2.37. The van der Waals surface area contributed by atoms with Crippen LogP contribution >= 0.6 is 15.9 Å². The van der Waals surface area contributed by atoms with Crippen LogP contribution in [0.4, 0.5) is 18.9 Å². The van der Waals surface area contributed by atoms with E-state index < -0.39 is 11.7 Å². The highest BCUT2D eigenvalue weighted by molar-refractivity contribution is 9.10. The summed E-state index contributed by atoms with van der Waals surface area (Å²) in [7, 11) is 0. The lowest BCUT2D eigenvalue weighted by molar-refractivity contribution is -0.137. The standard InChI is InChI=1S/C13H14BrF3N2/c1-2-10-8-18-5-6-19(10)12-4-3-9(7-11(12)14)13(15,16)17/h2-4,7,10,18H,1,5-6,8H2/t10-/m1/s1. The number of hydrogen-bond donors (Lipinski definition) is 1. The van der Waals surface area contributed by atoms with Crippen LogP contribution in [0.3, 0.4) is 0 Å². The van der Waals surface area contributed by atoms with Crippen molar-refractivity contribution < 1.29 is 13.2 Å². The third-order valence-corrected chi connectivity index (χ3v) is 3.77. The molecule has 1 fully saturated rings. The zero-order valence-electron chi connectivity index (χ0n) is 10.2. The van der Waals surface area contributed by atoms with E-state index in [4.69, 9.17) is 0 Å². The van der Waals surface area contributed by atoms with Crippen LogP contribution in [0.1, 0.15) is 5.56 Å². The van der Waals surface area contributed by atoms with E-state index in [-0.39, 0.29) is 6.04 Å². The van der Waals surface area contributed by atoms with Crippen LogP contribution in [-0.4, -0.2) is 25.7 Å². The number of benzene rings is 1. The molecule has 0 amide bonds. The number of rotatable bonds is 2. The molecule has 0 saturated carbocycles. The van der Waals surface area contributed by atoms with Crippen LogP contribution in [0.5, 0.6) is 0 Å². The topological polar surface area (TPSA) is 15.3 Å². The number of piperazine rings is 1. The minimum Gasteiger partial charge on any atom is -0.362 e. The van der Waals surface area contributed by atoms with E-state index in [1.807, 2.05) is 4.90 Å². The quantitative estimate of drug-likeness (QED) is 0.833. The molecule has 2 nitrogen and oxygen atoms in total. The average Bonchev–Trinajstić information content (AvgIpc) is 2.37. The van der Waals surface area contributed by atoms with E-state index in [9.17, 15) is 13.2 Å². The maximum atomic E-state index is 12.6. The number of nitrogens with one attached hydrogen (secondary N) is 1. The van der Waals surface area contributed by atoms with Gasteiger partial charge < -0.3 is 10.2 Å². The fourth-order valence-corrected chi connectivity index (χ4v) is 2.76. The second-order valence-electron chi connectivity index (χ2n) is 4.36. The molecule has 1 aliphatic heterocycles. The fourth-order valence-electron chi connectivity index (χ4n) is 2.15. The van der Waals surface area contributed by atoms with Crippen molar-refractivity contribution in [2.75, 3.05) is 24.5 Å². The molecule has 0 spiro atoms. The molecule has 0 unspecified atom stereocenters. The van der Waals surface area contributed by atoms with Crippen molar-refractivity contribution in [1.29, 1.82) is 0 Å². The maximum Gasteiger partial charge on any atom is 0.416 e. The van der Waals surface area contributed by atoms with Crippen LogP contribution < -0.4 is 10.2 Å². The maximum absolute atomic E-state index is 12.6. The highest BCUT2D eigenvalue weighted by atomic mass is 79.9. The zero-order valence-corrected chi connectivity index (χ0v) is 11.8. The summed E-state index contributed by atoms with van der Waals surface area (Å²) < 4.78 is 38.3. The summed E-state index contributed by atoms with van der Waals surface area (Å²) in [5.74, 6) is 0. The smallest absolute Gasteiger partial charge is 0.362 e. The van der Waals surface area contributed by atoms with Gasteiger partial charge in [-0.05, 0) is 34.1 Å². The average molecular weight is 335 g/mol. The lowest BCUT2D eigenvalue weighted by Crippen LogP contribution is -2.50. The second-order valence-corrected chi connectivity index (χ2v) is 5.22. The Morgan fingerprint density at radius 3 is 2.74 bits per heavy atom. The summed E-state index contributed by atoms with van der Waals surface area (Å²) in [4.78, 5) is 2.05. The lowest BCUT2D eigenvalue weighted by atomic mass is 10.1. The van der Waals surface area contributed by atoms with Crippen molar-refractivity contribution in [1.82, 2.24) is 5.32 Å². The molecule has 1 saturated heterocycles. The number of anilines is 1. The van der Waals surface area contributed by atoms with Crippen molar-refractivity contribution in [2.24, 2.45) is 0 Å². The van der Waals surface area contributed by atoms with Crippen LogP contribution in [0.2, 0.25) is 0 Å². The summed E-state index contributed by atoms with van der Waals surface area (Å²) in [6.45, 7) is 6.06. The Morgan fingerprint density at radius 1 is 1.42 bits per heavy atom. The highest BCUT2D eigenvalue weighted by Crippen LogP contribution is 2.36. The first-order valence-electron chi connectivity index (χ1n) is 5.90. The van der Waals surface area contributed by atoms with Gasteiger partial charge in [-0.1, -0.05) is 6.08 Å². The van der Waals surface area contributed by atoms with E-state index in [1.165, 1.54) is 6.07 Å². The number of halogens is 4. The SMILES string of the molecule is C=C[C@@H]1CNCCN1c1ccc(C(F)(F)F)cc1Br. The van der Waals surface area contributed by atoms with Gasteiger partial charge >= 0.3 is 6.18 Å². The number of alkyl halides is 3. The van der Waals surface area contributed by atoms with Gasteiger partial charge in [0.05, 0.1) is 17.3 Å². The molecule has 1 aliphatic rings. The van der Waals surface area contributed by atoms with Crippen LogP contribution in [0.25, 0.3) is 0 Å². The molecule has 1 N–H and O–H groups in total. The molecule has 1 heterocycles. The molecule has 1 atom stereocenters. The van der Waals surface area contributed by atoms with Gasteiger partial charge in [0.15, 0.2) is 0 Å². The van der Waals surface area contributed by atoms with E-state index in [0.29, 0.717) is 4.47 Å². The molecule has 0 bridgehead atoms. The molecule has 0 aromatic heterocycles.